The van der Waals surface area contributed by atoms with Crippen LogP contribution in [0.3, 0.4) is 0 Å². The number of nitrogens with zero attached hydrogens (tertiary/aromatic N) is 2. The maximum absolute atomic E-state index is 11.9. The Balaban J connectivity index is 1.97. The highest BCUT2D eigenvalue weighted by Gasteiger charge is 2.51. The van der Waals surface area contributed by atoms with Crippen molar-refractivity contribution in [3.63, 3.8) is 0 Å². The second kappa shape index (κ2) is 8.33. The monoisotopic (exact) mass is 382 g/mol. The third-order valence-corrected chi connectivity index (χ3v) is 5.45. The molecule has 0 spiro atoms. The van der Waals surface area contributed by atoms with Crippen LogP contribution in [0.15, 0.2) is 60.7 Å². The minimum Gasteiger partial charge on any atom is -0.465 e. The summed E-state index contributed by atoms with van der Waals surface area (Å²) in [5.41, 5.74) is 1.99. The number of carbonyl (C=O) groups is 1. The van der Waals surface area contributed by atoms with E-state index in [2.05, 4.69) is 29.2 Å². The smallest absolute Gasteiger partial charge is 0.407 e. The van der Waals surface area contributed by atoms with Crippen LogP contribution in [0.25, 0.3) is 0 Å². The van der Waals surface area contributed by atoms with Crippen LogP contribution < -0.4 is 0 Å². The van der Waals surface area contributed by atoms with Gasteiger partial charge >= 0.3 is 6.09 Å². The average Bonchev–Trinajstić information content (AvgIpc) is 3.01. The molecule has 2 N–H and O–H groups in total. The van der Waals surface area contributed by atoms with Crippen molar-refractivity contribution < 1.29 is 15.0 Å². The van der Waals surface area contributed by atoms with Crippen molar-refractivity contribution in [3.8, 4) is 0 Å². The summed E-state index contributed by atoms with van der Waals surface area (Å²) >= 11 is 0. The van der Waals surface area contributed by atoms with Crippen molar-refractivity contribution in [3.05, 3.63) is 71.8 Å². The van der Waals surface area contributed by atoms with Crippen molar-refractivity contribution in [2.45, 2.75) is 52.0 Å². The molecule has 150 valence electrons. The summed E-state index contributed by atoms with van der Waals surface area (Å²) in [5, 5.41) is 20.7. The first-order valence-corrected chi connectivity index (χ1v) is 9.77. The number of rotatable bonds is 5. The molecule has 0 aromatic heterocycles. The van der Waals surface area contributed by atoms with Gasteiger partial charge < -0.3 is 15.1 Å². The van der Waals surface area contributed by atoms with E-state index in [1.807, 2.05) is 57.2 Å². The second-order valence-electron chi connectivity index (χ2n) is 8.68. The van der Waals surface area contributed by atoms with Gasteiger partial charge in [-0.3, -0.25) is 4.90 Å². The van der Waals surface area contributed by atoms with E-state index < -0.39 is 12.2 Å². The van der Waals surface area contributed by atoms with Gasteiger partial charge in [0.05, 0.1) is 24.7 Å². The Labute approximate surface area is 167 Å². The summed E-state index contributed by atoms with van der Waals surface area (Å²) in [6, 6.07) is 19.7. The van der Waals surface area contributed by atoms with E-state index in [4.69, 9.17) is 0 Å². The largest absolute Gasteiger partial charge is 0.465 e. The Hall–Kier alpha value is -2.37. The van der Waals surface area contributed by atoms with Crippen LogP contribution in [0.1, 0.15) is 31.9 Å². The zero-order valence-electron chi connectivity index (χ0n) is 16.8. The van der Waals surface area contributed by atoms with E-state index >= 15 is 0 Å². The van der Waals surface area contributed by atoms with Gasteiger partial charge in [0, 0.05) is 13.1 Å². The lowest BCUT2D eigenvalue weighted by molar-refractivity contribution is 0.0272. The van der Waals surface area contributed by atoms with Crippen LogP contribution in [-0.4, -0.2) is 50.8 Å². The third-order valence-electron chi connectivity index (χ3n) is 5.45. The Kier molecular flexibility index (Phi) is 6.06. The van der Waals surface area contributed by atoms with Gasteiger partial charge in [-0.2, -0.15) is 0 Å². The SMILES string of the molecule is CC(C)(C)C1[C@@H](N(Cc2ccccc2)Cc2ccccc2)[C@H](O)CN1C(=O)O. The molecule has 0 saturated carbocycles. The standard InChI is InChI=1S/C23H30N2O3/c1-23(2,3)21-20(19(26)16-25(21)22(27)28)24(14-17-10-6-4-7-11-17)15-18-12-8-5-9-13-18/h4-13,19-21,26H,14-16H2,1-3H3,(H,27,28)/t19-,20+,21?/m1/s1. The number of amides is 1. The summed E-state index contributed by atoms with van der Waals surface area (Å²) < 4.78 is 0. The summed E-state index contributed by atoms with van der Waals surface area (Å²) in [7, 11) is 0. The summed E-state index contributed by atoms with van der Waals surface area (Å²) in [5.74, 6) is 0. The Bertz CT molecular complexity index is 732. The van der Waals surface area contributed by atoms with Gasteiger partial charge in [-0.25, -0.2) is 4.79 Å². The number of hydrogen-bond donors (Lipinski definition) is 2. The van der Waals surface area contributed by atoms with Crippen molar-refractivity contribution in [1.82, 2.24) is 9.80 Å². The molecule has 0 radical (unpaired) electrons. The zero-order valence-corrected chi connectivity index (χ0v) is 16.8. The second-order valence-corrected chi connectivity index (χ2v) is 8.68. The number of hydrogen-bond acceptors (Lipinski definition) is 3. The van der Waals surface area contributed by atoms with Crippen LogP contribution in [0, 0.1) is 5.41 Å². The molecule has 3 rings (SSSR count). The highest BCUT2D eigenvalue weighted by atomic mass is 16.4. The molecule has 1 heterocycles. The quantitative estimate of drug-likeness (QED) is 0.825. The van der Waals surface area contributed by atoms with Crippen molar-refractivity contribution in [2.75, 3.05) is 6.54 Å². The maximum atomic E-state index is 11.9. The average molecular weight is 383 g/mol. The van der Waals surface area contributed by atoms with Crippen LogP contribution >= 0.6 is 0 Å². The number of carboxylic acid groups (broad SMARTS) is 1. The van der Waals surface area contributed by atoms with Crippen LogP contribution in [0.2, 0.25) is 0 Å². The fourth-order valence-electron chi connectivity index (χ4n) is 4.34. The number of aliphatic hydroxyl groups is 1. The Morgan fingerprint density at radius 1 is 1.00 bits per heavy atom. The van der Waals surface area contributed by atoms with Gasteiger partial charge in [0.1, 0.15) is 0 Å². The fourth-order valence-corrected chi connectivity index (χ4v) is 4.34. The van der Waals surface area contributed by atoms with Gasteiger partial charge in [0.25, 0.3) is 0 Å². The van der Waals surface area contributed by atoms with E-state index in [1.54, 1.807) is 0 Å². The highest BCUT2D eigenvalue weighted by Crippen LogP contribution is 2.37. The molecule has 28 heavy (non-hydrogen) atoms. The number of likely N-dealkylation sites (tertiary alicyclic amines) is 1. The summed E-state index contributed by atoms with van der Waals surface area (Å²) in [4.78, 5) is 15.5. The molecular formula is C23H30N2O3. The lowest BCUT2D eigenvalue weighted by Gasteiger charge is -2.42. The molecule has 1 aliphatic rings. The summed E-state index contributed by atoms with van der Waals surface area (Å²) in [6.45, 7) is 7.57. The minimum atomic E-state index is -0.971. The summed E-state index contributed by atoms with van der Waals surface area (Å²) in [6.07, 6.45) is -1.70. The predicted octanol–water partition coefficient (Wildman–Crippen LogP) is 3.83. The molecule has 1 aliphatic heterocycles. The molecule has 1 fully saturated rings. The molecule has 1 unspecified atom stereocenters. The van der Waals surface area contributed by atoms with Crippen molar-refractivity contribution in [2.24, 2.45) is 5.41 Å². The van der Waals surface area contributed by atoms with Crippen LogP contribution in [0.5, 0.6) is 0 Å². The normalized spacial score (nSPS) is 22.6. The first kappa shape index (κ1) is 20.4. The fraction of sp³-hybridized carbons (Fsp3) is 0.435. The molecule has 0 aliphatic carbocycles. The molecule has 5 heteroatoms. The van der Waals surface area contributed by atoms with E-state index in [-0.39, 0.29) is 24.0 Å². The highest BCUT2D eigenvalue weighted by molar-refractivity contribution is 5.66. The molecule has 1 amide bonds. The van der Waals surface area contributed by atoms with Gasteiger partial charge in [0.15, 0.2) is 0 Å². The third kappa shape index (κ3) is 4.54. The molecule has 1 saturated heterocycles. The van der Waals surface area contributed by atoms with Crippen molar-refractivity contribution >= 4 is 6.09 Å². The lowest BCUT2D eigenvalue weighted by Crippen LogP contribution is -2.54. The van der Waals surface area contributed by atoms with Gasteiger partial charge in [-0.1, -0.05) is 81.4 Å². The molecule has 0 bridgehead atoms. The number of β-amino-alcohol motifs (C(OH)–C–C–N with tert-alkyl or cyclic N) is 1. The number of aliphatic hydroxyl groups excluding tert-OH is 1. The minimum absolute atomic E-state index is 0.141. The first-order chi connectivity index (χ1) is 13.3. The molecule has 2 aromatic rings. The molecule has 3 atom stereocenters. The van der Waals surface area contributed by atoms with E-state index in [0.29, 0.717) is 13.1 Å². The maximum Gasteiger partial charge on any atom is 0.407 e. The van der Waals surface area contributed by atoms with E-state index in [9.17, 15) is 15.0 Å². The van der Waals surface area contributed by atoms with E-state index in [1.165, 1.54) is 4.90 Å². The van der Waals surface area contributed by atoms with Gasteiger partial charge in [0.2, 0.25) is 0 Å². The zero-order chi connectivity index (χ0) is 20.3. The van der Waals surface area contributed by atoms with Gasteiger partial charge in [-0.05, 0) is 16.5 Å². The molecule has 2 aromatic carbocycles. The van der Waals surface area contributed by atoms with Crippen LogP contribution in [-0.2, 0) is 13.1 Å². The predicted molar refractivity (Wildman–Crippen MR) is 110 cm³/mol. The Morgan fingerprint density at radius 2 is 1.46 bits per heavy atom. The molecule has 5 nitrogen and oxygen atoms in total. The van der Waals surface area contributed by atoms with Gasteiger partial charge in [-0.15, -0.1) is 0 Å². The van der Waals surface area contributed by atoms with Crippen molar-refractivity contribution in [1.29, 1.82) is 0 Å². The molecular weight excluding hydrogens is 352 g/mol. The first-order valence-electron chi connectivity index (χ1n) is 9.77. The Morgan fingerprint density at radius 3 is 1.86 bits per heavy atom. The van der Waals surface area contributed by atoms with E-state index in [0.717, 1.165) is 11.1 Å². The topological polar surface area (TPSA) is 64.0 Å². The van der Waals surface area contributed by atoms with Crippen LogP contribution in [0.4, 0.5) is 4.79 Å². The lowest BCUT2D eigenvalue weighted by atomic mass is 9.81. The number of benzene rings is 2.